The maximum absolute atomic E-state index is 5.84. The van der Waals surface area contributed by atoms with Crippen LogP contribution in [0.25, 0.3) is 0 Å². The van der Waals surface area contributed by atoms with Gasteiger partial charge in [-0.3, -0.25) is 5.43 Å². The lowest BCUT2D eigenvalue weighted by Crippen LogP contribution is -2.41. The minimum absolute atomic E-state index is 0.744. The zero-order valence-electron chi connectivity index (χ0n) is 11.4. The maximum atomic E-state index is 5.84. The number of hydrogen-bond donors (Lipinski definition) is 1. The number of nitrogens with one attached hydrogen (secondary N) is 1. The topological polar surface area (TPSA) is 33.7 Å². The molecule has 2 heterocycles. The van der Waals surface area contributed by atoms with Crippen molar-refractivity contribution < 1.29 is 9.47 Å². The third-order valence-corrected chi connectivity index (χ3v) is 3.70. The van der Waals surface area contributed by atoms with Crippen molar-refractivity contribution in [2.45, 2.75) is 32.2 Å². The summed E-state index contributed by atoms with van der Waals surface area (Å²) < 4.78 is 11.6. The molecule has 19 heavy (non-hydrogen) atoms. The molecule has 0 saturated carbocycles. The molecule has 2 aliphatic heterocycles. The minimum Gasteiger partial charge on any atom is -0.490 e. The monoisotopic (exact) mass is 262 g/mol. The van der Waals surface area contributed by atoms with Crippen LogP contribution >= 0.6 is 0 Å². The van der Waals surface area contributed by atoms with Gasteiger partial charge in [0.1, 0.15) is 0 Å². The summed E-state index contributed by atoms with van der Waals surface area (Å²) >= 11 is 0. The first-order chi connectivity index (χ1) is 9.43. The van der Waals surface area contributed by atoms with Crippen molar-refractivity contribution in [3.05, 3.63) is 23.8 Å². The Hall–Kier alpha value is -1.26. The van der Waals surface area contributed by atoms with E-state index in [2.05, 4.69) is 16.5 Å². The summed E-state index contributed by atoms with van der Waals surface area (Å²) in [6.45, 7) is 4.59. The Balaban J connectivity index is 1.66. The quantitative estimate of drug-likeness (QED) is 0.906. The number of fused-ring (bicyclic) bond motifs is 1. The second-order valence-corrected chi connectivity index (χ2v) is 5.18. The molecule has 104 valence electrons. The number of para-hydroxylation sites is 1. The van der Waals surface area contributed by atoms with Gasteiger partial charge >= 0.3 is 0 Å². The number of rotatable bonds is 3. The van der Waals surface area contributed by atoms with Crippen molar-refractivity contribution in [3.63, 3.8) is 0 Å². The molecule has 1 aromatic rings. The van der Waals surface area contributed by atoms with E-state index in [4.69, 9.17) is 9.47 Å². The second-order valence-electron chi connectivity index (χ2n) is 5.18. The highest BCUT2D eigenvalue weighted by Crippen LogP contribution is 2.33. The van der Waals surface area contributed by atoms with E-state index in [1.54, 1.807) is 0 Å². The number of piperidine rings is 1. The van der Waals surface area contributed by atoms with Crippen molar-refractivity contribution in [1.82, 2.24) is 10.4 Å². The Morgan fingerprint density at radius 1 is 1.00 bits per heavy atom. The Morgan fingerprint density at radius 2 is 1.84 bits per heavy atom. The van der Waals surface area contributed by atoms with Crippen LogP contribution < -0.4 is 14.9 Å². The molecule has 0 aliphatic carbocycles. The summed E-state index contributed by atoms with van der Waals surface area (Å²) in [5.41, 5.74) is 4.69. The molecule has 4 nitrogen and oxygen atoms in total. The van der Waals surface area contributed by atoms with Gasteiger partial charge in [0.15, 0.2) is 11.5 Å². The normalized spacial score (nSPS) is 20.0. The van der Waals surface area contributed by atoms with Gasteiger partial charge in [-0.2, -0.15) is 0 Å². The lowest BCUT2D eigenvalue weighted by Gasteiger charge is -2.27. The van der Waals surface area contributed by atoms with E-state index < -0.39 is 0 Å². The predicted molar refractivity (Wildman–Crippen MR) is 74.3 cm³/mol. The van der Waals surface area contributed by atoms with Crippen LogP contribution in [0.2, 0.25) is 0 Å². The molecular weight excluding hydrogens is 240 g/mol. The van der Waals surface area contributed by atoms with Gasteiger partial charge in [-0.25, -0.2) is 5.01 Å². The lowest BCUT2D eigenvalue weighted by molar-refractivity contribution is 0.150. The Bertz CT molecular complexity index is 417. The highest BCUT2D eigenvalue weighted by molar-refractivity contribution is 5.46. The molecule has 0 aromatic heterocycles. The number of hydrazine groups is 1. The first kappa shape index (κ1) is 12.8. The molecular formula is C15H22N2O2. The highest BCUT2D eigenvalue weighted by atomic mass is 16.5. The Morgan fingerprint density at radius 3 is 2.74 bits per heavy atom. The molecule has 3 rings (SSSR count). The zero-order valence-corrected chi connectivity index (χ0v) is 11.4. The molecule has 1 saturated heterocycles. The van der Waals surface area contributed by atoms with E-state index in [1.807, 2.05) is 12.1 Å². The van der Waals surface area contributed by atoms with Crippen LogP contribution in [0.1, 0.15) is 31.2 Å². The zero-order chi connectivity index (χ0) is 12.9. The number of hydrogen-bond acceptors (Lipinski definition) is 4. The first-order valence-corrected chi connectivity index (χ1v) is 7.29. The largest absolute Gasteiger partial charge is 0.490 e. The van der Waals surface area contributed by atoms with E-state index in [0.717, 1.165) is 50.8 Å². The molecule has 0 atom stereocenters. The number of ether oxygens (including phenoxy) is 2. The number of benzene rings is 1. The predicted octanol–water partition coefficient (Wildman–Crippen LogP) is 2.34. The van der Waals surface area contributed by atoms with Gasteiger partial charge < -0.3 is 9.47 Å². The van der Waals surface area contributed by atoms with Crippen LogP contribution in [0.3, 0.4) is 0 Å². The lowest BCUT2D eigenvalue weighted by atomic mass is 10.1. The molecule has 0 unspecified atom stereocenters. The van der Waals surface area contributed by atoms with Crippen LogP contribution in [-0.4, -0.2) is 31.3 Å². The van der Waals surface area contributed by atoms with Crippen molar-refractivity contribution in [2.24, 2.45) is 0 Å². The SMILES string of the molecule is c1cc(CNN2CCCCC2)c2c(c1)OCCCO2. The van der Waals surface area contributed by atoms with Gasteiger partial charge in [0.2, 0.25) is 0 Å². The second kappa shape index (κ2) is 6.26. The fourth-order valence-electron chi connectivity index (χ4n) is 2.64. The average Bonchev–Trinajstić information content (AvgIpc) is 2.72. The molecule has 0 bridgehead atoms. The summed E-state index contributed by atoms with van der Waals surface area (Å²) in [5.74, 6) is 1.81. The van der Waals surface area contributed by atoms with Crippen LogP contribution in [0, 0.1) is 0 Å². The van der Waals surface area contributed by atoms with Crippen molar-refractivity contribution in [2.75, 3.05) is 26.3 Å². The van der Waals surface area contributed by atoms with Crippen molar-refractivity contribution in [3.8, 4) is 11.5 Å². The summed E-state index contributed by atoms with van der Waals surface area (Å²) in [4.78, 5) is 0. The van der Waals surface area contributed by atoms with E-state index in [9.17, 15) is 0 Å². The van der Waals surface area contributed by atoms with Gasteiger partial charge in [-0.1, -0.05) is 18.6 Å². The third kappa shape index (κ3) is 3.19. The van der Waals surface area contributed by atoms with Gasteiger partial charge in [-0.15, -0.1) is 0 Å². The molecule has 0 spiro atoms. The third-order valence-electron chi connectivity index (χ3n) is 3.70. The highest BCUT2D eigenvalue weighted by Gasteiger charge is 2.15. The summed E-state index contributed by atoms with van der Waals surface area (Å²) in [7, 11) is 0. The van der Waals surface area contributed by atoms with Gasteiger partial charge in [0.05, 0.1) is 13.2 Å². The molecule has 1 fully saturated rings. The van der Waals surface area contributed by atoms with Crippen LogP contribution in [0.5, 0.6) is 11.5 Å². The van der Waals surface area contributed by atoms with E-state index in [0.29, 0.717) is 0 Å². The fraction of sp³-hybridized carbons (Fsp3) is 0.600. The molecule has 0 radical (unpaired) electrons. The molecule has 0 amide bonds. The summed E-state index contributed by atoms with van der Waals surface area (Å²) in [6.07, 6.45) is 4.89. The minimum atomic E-state index is 0.744. The van der Waals surface area contributed by atoms with Gasteiger partial charge in [0.25, 0.3) is 0 Å². The molecule has 1 N–H and O–H groups in total. The Labute approximate surface area is 114 Å². The van der Waals surface area contributed by atoms with Crippen LogP contribution in [0.4, 0.5) is 0 Å². The van der Waals surface area contributed by atoms with E-state index in [1.165, 1.54) is 24.8 Å². The number of nitrogens with zero attached hydrogens (tertiary/aromatic N) is 1. The van der Waals surface area contributed by atoms with Crippen LogP contribution in [0.15, 0.2) is 18.2 Å². The Kier molecular flexibility index (Phi) is 4.20. The van der Waals surface area contributed by atoms with Crippen molar-refractivity contribution in [1.29, 1.82) is 0 Å². The van der Waals surface area contributed by atoms with Crippen molar-refractivity contribution >= 4 is 0 Å². The summed E-state index contributed by atoms with van der Waals surface area (Å²) in [6, 6.07) is 6.15. The van der Waals surface area contributed by atoms with Gasteiger partial charge in [-0.05, 0) is 18.9 Å². The molecule has 2 aliphatic rings. The van der Waals surface area contributed by atoms with E-state index >= 15 is 0 Å². The maximum Gasteiger partial charge on any atom is 0.165 e. The standard InChI is InChI=1S/C15H22N2O2/c1-2-8-17(9-3-1)16-12-13-6-4-7-14-15(13)19-11-5-10-18-14/h4,6-7,16H,1-3,5,8-12H2. The average molecular weight is 262 g/mol. The smallest absolute Gasteiger partial charge is 0.165 e. The van der Waals surface area contributed by atoms with Gasteiger partial charge in [0, 0.05) is 31.6 Å². The molecule has 1 aromatic carbocycles. The van der Waals surface area contributed by atoms with Crippen LogP contribution in [-0.2, 0) is 6.54 Å². The summed E-state index contributed by atoms with van der Waals surface area (Å²) in [5, 5.41) is 2.32. The fourth-order valence-corrected chi connectivity index (χ4v) is 2.64. The first-order valence-electron chi connectivity index (χ1n) is 7.29. The van der Waals surface area contributed by atoms with E-state index in [-0.39, 0.29) is 0 Å². The molecule has 4 heteroatoms.